The van der Waals surface area contributed by atoms with Gasteiger partial charge in [-0.05, 0) is 41.1 Å². The average molecular weight is 448 g/mol. The van der Waals surface area contributed by atoms with Crippen LogP contribution in [-0.2, 0) is 0 Å². The Morgan fingerprint density at radius 1 is 1.11 bits per heavy atom. The van der Waals surface area contributed by atoms with Crippen LogP contribution in [0.3, 0.4) is 0 Å². The standard InChI is InChI=1S/C19H18BrN3O5/c1-10-22-15-8-17(28-4)16(27-3)7-13(15)19(25)23(10)21-9-11-5-12(26-2)6-14(20)18(11)24/h5-9,24H,1-4H3. The van der Waals surface area contributed by atoms with Crippen molar-refractivity contribution in [3.63, 3.8) is 0 Å². The Kier molecular flexibility index (Phi) is 5.55. The Hall–Kier alpha value is -3.07. The van der Waals surface area contributed by atoms with Crippen LogP contribution in [0.1, 0.15) is 11.4 Å². The van der Waals surface area contributed by atoms with Crippen LogP contribution < -0.4 is 19.8 Å². The summed E-state index contributed by atoms with van der Waals surface area (Å²) in [6, 6.07) is 6.43. The number of fused-ring (bicyclic) bond motifs is 1. The summed E-state index contributed by atoms with van der Waals surface area (Å²) in [5, 5.41) is 14.7. The van der Waals surface area contributed by atoms with E-state index in [0.717, 1.165) is 4.68 Å². The van der Waals surface area contributed by atoms with E-state index in [4.69, 9.17) is 14.2 Å². The SMILES string of the molecule is COc1cc(Br)c(O)c(C=Nn2c(C)nc3cc(OC)c(OC)cc3c2=O)c1. The molecule has 0 aliphatic rings. The van der Waals surface area contributed by atoms with Crippen molar-refractivity contribution in [2.75, 3.05) is 21.3 Å². The topological polar surface area (TPSA) is 95.2 Å². The second-order valence-corrected chi connectivity index (χ2v) is 6.65. The Bertz CT molecular complexity index is 1140. The van der Waals surface area contributed by atoms with E-state index in [1.807, 2.05) is 0 Å². The van der Waals surface area contributed by atoms with Crippen molar-refractivity contribution >= 4 is 33.0 Å². The number of methoxy groups -OCH3 is 3. The van der Waals surface area contributed by atoms with Gasteiger partial charge in [0.15, 0.2) is 11.5 Å². The summed E-state index contributed by atoms with van der Waals surface area (Å²) in [5.74, 6) is 1.79. The van der Waals surface area contributed by atoms with Crippen molar-refractivity contribution in [2.45, 2.75) is 6.92 Å². The summed E-state index contributed by atoms with van der Waals surface area (Å²) in [7, 11) is 4.52. The largest absolute Gasteiger partial charge is 0.506 e. The maximum absolute atomic E-state index is 12.9. The molecule has 0 unspecified atom stereocenters. The Morgan fingerprint density at radius 2 is 1.79 bits per heavy atom. The molecule has 3 aromatic rings. The van der Waals surface area contributed by atoms with Crippen molar-refractivity contribution in [1.82, 2.24) is 9.66 Å². The summed E-state index contributed by atoms with van der Waals surface area (Å²) < 4.78 is 17.3. The van der Waals surface area contributed by atoms with Crippen molar-refractivity contribution in [3.05, 3.63) is 50.5 Å². The van der Waals surface area contributed by atoms with Crippen LogP contribution in [0.4, 0.5) is 0 Å². The fraction of sp³-hybridized carbons (Fsp3) is 0.211. The normalized spacial score (nSPS) is 11.2. The lowest BCUT2D eigenvalue weighted by Gasteiger charge is -2.10. The molecule has 0 aliphatic heterocycles. The molecular weight excluding hydrogens is 430 g/mol. The molecular formula is C19H18BrN3O5. The fourth-order valence-corrected chi connectivity index (χ4v) is 3.14. The molecule has 1 N–H and O–H groups in total. The third-order valence-corrected chi connectivity index (χ3v) is 4.73. The first-order chi connectivity index (χ1) is 13.4. The highest BCUT2D eigenvalue weighted by molar-refractivity contribution is 9.10. The van der Waals surface area contributed by atoms with E-state index in [-0.39, 0.29) is 11.3 Å². The van der Waals surface area contributed by atoms with E-state index in [1.165, 1.54) is 27.5 Å². The molecule has 8 nitrogen and oxygen atoms in total. The minimum atomic E-state index is -0.374. The second-order valence-electron chi connectivity index (χ2n) is 5.79. The first-order valence-electron chi connectivity index (χ1n) is 8.15. The zero-order chi connectivity index (χ0) is 20.4. The minimum absolute atomic E-state index is 0.0181. The van der Waals surface area contributed by atoms with E-state index in [0.29, 0.717) is 44.0 Å². The number of hydrogen-bond acceptors (Lipinski definition) is 7. The Labute approximate surface area is 169 Å². The highest BCUT2D eigenvalue weighted by Gasteiger charge is 2.13. The van der Waals surface area contributed by atoms with Gasteiger partial charge in [0.05, 0.1) is 42.9 Å². The third-order valence-electron chi connectivity index (χ3n) is 4.13. The first-order valence-corrected chi connectivity index (χ1v) is 8.95. The number of phenols is 1. The van der Waals surface area contributed by atoms with Crippen molar-refractivity contribution in [2.24, 2.45) is 5.10 Å². The number of benzene rings is 2. The quantitative estimate of drug-likeness (QED) is 0.603. The molecule has 0 spiro atoms. The van der Waals surface area contributed by atoms with Crippen LogP contribution in [0.25, 0.3) is 10.9 Å². The van der Waals surface area contributed by atoms with Crippen molar-refractivity contribution in [3.8, 4) is 23.0 Å². The summed E-state index contributed by atoms with van der Waals surface area (Å²) in [6.45, 7) is 1.66. The zero-order valence-electron chi connectivity index (χ0n) is 15.7. The molecule has 0 radical (unpaired) electrons. The zero-order valence-corrected chi connectivity index (χ0v) is 17.3. The van der Waals surface area contributed by atoms with Gasteiger partial charge in [-0.3, -0.25) is 4.79 Å². The number of nitrogens with zero attached hydrogens (tertiary/aromatic N) is 3. The van der Waals surface area contributed by atoms with Crippen LogP contribution in [0.2, 0.25) is 0 Å². The molecule has 0 bridgehead atoms. The Morgan fingerprint density at radius 3 is 2.43 bits per heavy atom. The van der Waals surface area contributed by atoms with Crippen LogP contribution in [-0.4, -0.2) is 42.3 Å². The fourth-order valence-electron chi connectivity index (χ4n) is 2.68. The van der Waals surface area contributed by atoms with Gasteiger partial charge in [-0.15, -0.1) is 0 Å². The van der Waals surface area contributed by atoms with Crippen molar-refractivity contribution in [1.29, 1.82) is 0 Å². The molecule has 9 heteroatoms. The van der Waals surface area contributed by atoms with Gasteiger partial charge < -0.3 is 19.3 Å². The van der Waals surface area contributed by atoms with Gasteiger partial charge in [-0.1, -0.05) is 0 Å². The van der Waals surface area contributed by atoms with E-state index in [1.54, 1.807) is 31.2 Å². The molecule has 2 aromatic carbocycles. The van der Waals surface area contributed by atoms with Crippen LogP contribution in [0, 0.1) is 6.92 Å². The molecule has 0 saturated carbocycles. The number of halogens is 1. The highest BCUT2D eigenvalue weighted by atomic mass is 79.9. The number of aromatic nitrogens is 2. The molecule has 1 heterocycles. The molecule has 0 amide bonds. The molecule has 0 fully saturated rings. The van der Waals surface area contributed by atoms with Gasteiger partial charge in [0.25, 0.3) is 5.56 Å². The lowest BCUT2D eigenvalue weighted by atomic mass is 10.2. The number of aromatic hydroxyl groups is 1. The predicted molar refractivity (Wildman–Crippen MR) is 109 cm³/mol. The van der Waals surface area contributed by atoms with Crippen LogP contribution in [0.15, 0.2) is 38.6 Å². The number of hydrogen-bond donors (Lipinski definition) is 1. The summed E-state index contributed by atoms with van der Waals surface area (Å²) in [4.78, 5) is 17.4. The van der Waals surface area contributed by atoms with E-state index in [2.05, 4.69) is 26.0 Å². The average Bonchev–Trinajstić information content (AvgIpc) is 2.69. The van der Waals surface area contributed by atoms with E-state index < -0.39 is 0 Å². The lowest BCUT2D eigenvalue weighted by Crippen LogP contribution is -2.20. The minimum Gasteiger partial charge on any atom is -0.506 e. The lowest BCUT2D eigenvalue weighted by molar-refractivity contribution is 0.355. The van der Waals surface area contributed by atoms with Gasteiger partial charge in [0, 0.05) is 11.6 Å². The van der Waals surface area contributed by atoms with Gasteiger partial charge in [0.1, 0.15) is 17.3 Å². The number of ether oxygens (including phenoxy) is 3. The van der Waals surface area contributed by atoms with Gasteiger partial charge in [0.2, 0.25) is 0 Å². The number of rotatable bonds is 5. The molecule has 1 aromatic heterocycles. The maximum Gasteiger partial charge on any atom is 0.282 e. The number of phenolic OH excluding ortho intramolecular Hbond substituents is 1. The van der Waals surface area contributed by atoms with E-state index in [9.17, 15) is 9.90 Å². The summed E-state index contributed by atoms with van der Waals surface area (Å²) in [6.07, 6.45) is 1.37. The molecule has 146 valence electrons. The maximum atomic E-state index is 12.9. The number of aryl methyl sites for hydroxylation is 1. The second kappa shape index (κ2) is 7.89. The molecule has 3 rings (SSSR count). The molecule has 0 saturated heterocycles. The molecule has 0 aliphatic carbocycles. The molecule has 0 atom stereocenters. The van der Waals surface area contributed by atoms with Gasteiger partial charge >= 0.3 is 0 Å². The first kappa shape index (κ1) is 19.7. The van der Waals surface area contributed by atoms with Gasteiger partial charge in [-0.25, -0.2) is 4.98 Å². The third kappa shape index (κ3) is 3.53. The van der Waals surface area contributed by atoms with Gasteiger partial charge in [-0.2, -0.15) is 9.78 Å². The summed E-state index contributed by atoms with van der Waals surface area (Å²) in [5.41, 5.74) is 0.477. The monoisotopic (exact) mass is 447 g/mol. The van der Waals surface area contributed by atoms with E-state index >= 15 is 0 Å². The van der Waals surface area contributed by atoms with Crippen molar-refractivity contribution < 1.29 is 19.3 Å². The smallest absolute Gasteiger partial charge is 0.282 e. The highest BCUT2D eigenvalue weighted by Crippen LogP contribution is 2.32. The predicted octanol–water partition coefficient (Wildman–Crippen LogP) is 3.08. The van der Waals surface area contributed by atoms with Crippen LogP contribution >= 0.6 is 15.9 Å². The molecule has 28 heavy (non-hydrogen) atoms. The van der Waals surface area contributed by atoms with Crippen LogP contribution in [0.5, 0.6) is 23.0 Å². The Balaban J connectivity index is 2.15. The summed E-state index contributed by atoms with van der Waals surface area (Å²) >= 11 is 3.26.